The lowest BCUT2D eigenvalue weighted by molar-refractivity contribution is -0.112. The molecule has 2 N–H and O–H groups in total. The van der Waals surface area contributed by atoms with Gasteiger partial charge in [0.15, 0.2) is 0 Å². The number of amides is 1. The van der Waals surface area contributed by atoms with Crippen LogP contribution in [-0.4, -0.2) is 13.0 Å². The minimum absolute atomic E-state index is 0.0162. The van der Waals surface area contributed by atoms with Crippen molar-refractivity contribution in [2.75, 3.05) is 17.7 Å². The summed E-state index contributed by atoms with van der Waals surface area (Å²) in [5, 5.41) is 15.3. The first-order valence-electron chi connectivity index (χ1n) is 8.91. The highest BCUT2D eigenvalue weighted by Gasteiger charge is 2.13. The van der Waals surface area contributed by atoms with Crippen molar-refractivity contribution in [2.45, 2.75) is 33.1 Å². The number of carbonyl (C=O) groups is 1. The van der Waals surface area contributed by atoms with Gasteiger partial charge in [-0.3, -0.25) is 4.79 Å². The molecule has 0 fully saturated rings. The normalized spacial score (nSPS) is 12.0. The number of aryl methyl sites for hydroxylation is 1. The first-order chi connectivity index (χ1) is 13.0. The van der Waals surface area contributed by atoms with E-state index in [4.69, 9.17) is 4.74 Å². The fourth-order valence-electron chi connectivity index (χ4n) is 2.69. The number of methoxy groups -OCH3 is 1. The maximum Gasteiger partial charge on any atom is 0.267 e. The smallest absolute Gasteiger partial charge is 0.267 e. The molecule has 27 heavy (non-hydrogen) atoms. The van der Waals surface area contributed by atoms with Gasteiger partial charge >= 0.3 is 0 Å². The Morgan fingerprint density at radius 2 is 2.00 bits per heavy atom. The van der Waals surface area contributed by atoms with E-state index >= 15 is 0 Å². The molecule has 0 spiro atoms. The van der Waals surface area contributed by atoms with Gasteiger partial charge in [-0.15, -0.1) is 0 Å². The zero-order valence-electron chi connectivity index (χ0n) is 16.2. The highest BCUT2D eigenvalue weighted by atomic mass is 16.5. The molecule has 2 aromatic rings. The maximum absolute atomic E-state index is 12.5. The number of anilines is 2. The summed E-state index contributed by atoms with van der Waals surface area (Å²) in [6.07, 6.45) is 2.44. The van der Waals surface area contributed by atoms with Crippen LogP contribution >= 0.6 is 0 Å². The van der Waals surface area contributed by atoms with Crippen LogP contribution in [0.3, 0.4) is 0 Å². The third-order valence-electron chi connectivity index (χ3n) is 4.44. The first-order valence-corrected chi connectivity index (χ1v) is 8.91. The van der Waals surface area contributed by atoms with E-state index in [-0.39, 0.29) is 5.57 Å². The fourth-order valence-corrected chi connectivity index (χ4v) is 2.69. The Kier molecular flexibility index (Phi) is 7.01. The van der Waals surface area contributed by atoms with Gasteiger partial charge in [-0.05, 0) is 48.6 Å². The number of nitrogens with zero attached hydrogens (tertiary/aromatic N) is 1. The van der Waals surface area contributed by atoms with Crippen molar-refractivity contribution < 1.29 is 9.53 Å². The SMILES string of the molecule is CCC(C)c1ccccc1N/C=C(/C#N)C(=O)Nc1cc(C)ccc1OC. The molecule has 2 aromatic carbocycles. The van der Waals surface area contributed by atoms with Crippen molar-refractivity contribution in [2.24, 2.45) is 0 Å². The van der Waals surface area contributed by atoms with Crippen LogP contribution in [0.1, 0.15) is 37.3 Å². The zero-order chi connectivity index (χ0) is 19.8. The summed E-state index contributed by atoms with van der Waals surface area (Å²) in [5.74, 6) is 0.425. The summed E-state index contributed by atoms with van der Waals surface area (Å²) >= 11 is 0. The average molecular weight is 363 g/mol. The Hall–Kier alpha value is -3.26. The quantitative estimate of drug-likeness (QED) is 0.538. The van der Waals surface area contributed by atoms with Gasteiger partial charge < -0.3 is 15.4 Å². The van der Waals surface area contributed by atoms with Gasteiger partial charge in [0, 0.05) is 11.9 Å². The number of nitriles is 1. The Morgan fingerprint density at radius 3 is 2.67 bits per heavy atom. The van der Waals surface area contributed by atoms with Crippen molar-refractivity contribution in [3.05, 3.63) is 65.4 Å². The number of benzene rings is 2. The lowest BCUT2D eigenvalue weighted by Gasteiger charge is -2.15. The van der Waals surface area contributed by atoms with Crippen LogP contribution in [0.25, 0.3) is 0 Å². The molecule has 0 heterocycles. The zero-order valence-corrected chi connectivity index (χ0v) is 16.2. The molecule has 1 amide bonds. The van der Waals surface area contributed by atoms with E-state index in [0.29, 0.717) is 17.4 Å². The maximum atomic E-state index is 12.5. The van der Waals surface area contributed by atoms with Crippen LogP contribution in [0.15, 0.2) is 54.2 Å². The molecule has 1 atom stereocenters. The Bertz CT molecular complexity index is 881. The minimum Gasteiger partial charge on any atom is -0.495 e. The van der Waals surface area contributed by atoms with Crippen molar-refractivity contribution in [3.8, 4) is 11.8 Å². The van der Waals surface area contributed by atoms with Gasteiger partial charge in [0.2, 0.25) is 0 Å². The van der Waals surface area contributed by atoms with E-state index in [1.807, 2.05) is 43.3 Å². The van der Waals surface area contributed by atoms with E-state index in [1.54, 1.807) is 12.1 Å². The predicted molar refractivity (Wildman–Crippen MR) is 109 cm³/mol. The van der Waals surface area contributed by atoms with Crippen molar-refractivity contribution >= 4 is 17.3 Å². The average Bonchev–Trinajstić information content (AvgIpc) is 2.68. The summed E-state index contributed by atoms with van der Waals surface area (Å²) in [5.41, 5.74) is 3.53. The molecule has 5 heteroatoms. The second-order valence-electron chi connectivity index (χ2n) is 6.37. The van der Waals surface area contributed by atoms with Gasteiger partial charge in [0.05, 0.1) is 12.8 Å². The highest BCUT2D eigenvalue weighted by molar-refractivity contribution is 6.07. The van der Waals surface area contributed by atoms with Gasteiger partial charge in [-0.2, -0.15) is 5.26 Å². The molecule has 0 aliphatic carbocycles. The van der Waals surface area contributed by atoms with E-state index < -0.39 is 5.91 Å². The summed E-state index contributed by atoms with van der Waals surface area (Å²) in [4.78, 5) is 12.5. The van der Waals surface area contributed by atoms with Crippen LogP contribution < -0.4 is 15.4 Å². The van der Waals surface area contributed by atoms with E-state index in [0.717, 1.165) is 23.2 Å². The highest BCUT2D eigenvalue weighted by Crippen LogP contribution is 2.27. The van der Waals surface area contributed by atoms with Gasteiger partial charge in [-0.25, -0.2) is 0 Å². The Labute approximate surface area is 160 Å². The number of para-hydroxylation sites is 1. The largest absolute Gasteiger partial charge is 0.495 e. The first kappa shape index (κ1) is 20.1. The van der Waals surface area contributed by atoms with Crippen LogP contribution in [0.5, 0.6) is 5.75 Å². The topological polar surface area (TPSA) is 74.2 Å². The van der Waals surface area contributed by atoms with E-state index in [9.17, 15) is 10.1 Å². The second kappa shape index (κ2) is 9.44. The Balaban J connectivity index is 2.21. The lowest BCUT2D eigenvalue weighted by atomic mass is 9.97. The van der Waals surface area contributed by atoms with Crippen LogP contribution in [0, 0.1) is 18.3 Å². The molecule has 1 unspecified atom stereocenters. The van der Waals surface area contributed by atoms with Gasteiger partial charge in [0.25, 0.3) is 5.91 Å². The number of rotatable bonds is 7. The van der Waals surface area contributed by atoms with Crippen LogP contribution in [0.2, 0.25) is 0 Å². The molecule has 0 saturated carbocycles. The molecule has 0 saturated heterocycles. The molecular formula is C22H25N3O2. The molecule has 5 nitrogen and oxygen atoms in total. The molecule has 140 valence electrons. The number of carbonyl (C=O) groups excluding carboxylic acids is 1. The summed E-state index contributed by atoms with van der Waals surface area (Å²) in [6, 6.07) is 15.3. The van der Waals surface area contributed by atoms with E-state index in [2.05, 4.69) is 24.5 Å². The van der Waals surface area contributed by atoms with Gasteiger partial charge in [-0.1, -0.05) is 38.1 Å². The van der Waals surface area contributed by atoms with Crippen molar-refractivity contribution in [3.63, 3.8) is 0 Å². The molecule has 2 rings (SSSR count). The molecule has 0 aliphatic heterocycles. The number of hydrogen-bond donors (Lipinski definition) is 2. The lowest BCUT2D eigenvalue weighted by Crippen LogP contribution is -2.15. The summed E-state index contributed by atoms with van der Waals surface area (Å²) < 4.78 is 5.27. The van der Waals surface area contributed by atoms with Gasteiger partial charge in [0.1, 0.15) is 17.4 Å². The third-order valence-corrected chi connectivity index (χ3v) is 4.44. The monoisotopic (exact) mass is 363 g/mol. The second-order valence-corrected chi connectivity index (χ2v) is 6.37. The van der Waals surface area contributed by atoms with E-state index in [1.165, 1.54) is 13.3 Å². The van der Waals surface area contributed by atoms with Crippen molar-refractivity contribution in [1.82, 2.24) is 0 Å². The number of hydrogen-bond acceptors (Lipinski definition) is 4. The molecular weight excluding hydrogens is 338 g/mol. The standard InChI is InChI=1S/C22H25N3O2/c1-5-16(3)18-8-6-7-9-19(18)24-14-17(13-23)22(26)25-20-12-15(2)10-11-21(20)27-4/h6-12,14,16,24H,5H2,1-4H3,(H,25,26)/b17-14-. The summed E-state index contributed by atoms with van der Waals surface area (Å²) in [7, 11) is 1.54. The summed E-state index contributed by atoms with van der Waals surface area (Å²) in [6.45, 7) is 6.19. The third kappa shape index (κ3) is 5.11. The molecule has 0 aliphatic rings. The number of nitrogens with one attached hydrogen (secondary N) is 2. The minimum atomic E-state index is -0.491. The Morgan fingerprint density at radius 1 is 1.26 bits per heavy atom. The molecule has 0 bridgehead atoms. The van der Waals surface area contributed by atoms with Crippen molar-refractivity contribution in [1.29, 1.82) is 5.26 Å². The fraction of sp³-hybridized carbons (Fsp3) is 0.273. The van der Waals surface area contributed by atoms with Crippen LogP contribution in [0.4, 0.5) is 11.4 Å². The molecule has 0 radical (unpaired) electrons. The van der Waals surface area contributed by atoms with Crippen LogP contribution in [-0.2, 0) is 4.79 Å². The number of ether oxygens (including phenoxy) is 1. The molecule has 0 aromatic heterocycles. The predicted octanol–water partition coefficient (Wildman–Crippen LogP) is 4.98.